The molecule has 3 aromatic carbocycles. The van der Waals surface area contributed by atoms with Crippen molar-refractivity contribution >= 4 is 38.8 Å². The van der Waals surface area contributed by atoms with Crippen LogP contribution in [0.25, 0.3) is 10.2 Å². The summed E-state index contributed by atoms with van der Waals surface area (Å²) in [5, 5.41) is 6.44. The smallest absolute Gasteiger partial charge is 0.281 e. The molecule has 31 heavy (non-hydrogen) atoms. The number of benzene rings is 3. The molecular formula is C25H23N3O2S. The first-order chi connectivity index (χ1) is 14.9. The number of thiazole rings is 1. The quantitative estimate of drug-likeness (QED) is 0.293. The summed E-state index contributed by atoms with van der Waals surface area (Å²) in [6, 6.07) is 19.4. The number of hydrogen-bond acceptors (Lipinski definition) is 5. The number of hydrazone groups is 1. The van der Waals surface area contributed by atoms with Crippen molar-refractivity contribution in [3.8, 4) is 5.75 Å². The molecule has 0 aliphatic carbocycles. The number of ether oxygens (including phenoxy) is 1. The average Bonchev–Trinajstić information content (AvgIpc) is 3.17. The fourth-order valence-electron chi connectivity index (χ4n) is 3.24. The summed E-state index contributed by atoms with van der Waals surface area (Å²) >= 11 is 1.40. The highest BCUT2D eigenvalue weighted by Crippen LogP contribution is 2.32. The number of hydrogen-bond donors (Lipinski definition) is 0. The van der Waals surface area contributed by atoms with Gasteiger partial charge < -0.3 is 4.74 Å². The van der Waals surface area contributed by atoms with E-state index in [0.29, 0.717) is 10.7 Å². The lowest BCUT2D eigenvalue weighted by atomic mass is 10.1. The van der Waals surface area contributed by atoms with Crippen LogP contribution in [0.3, 0.4) is 0 Å². The second-order valence-corrected chi connectivity index (χ2v) is 8.43. The summed E-state index contributed by atoms with van der Waals surface area (Å²) in [6.07, 6.45) is 1.69. The molecule has 0 spiro atoms. The van der Waals surface area contributed by atoms with Crippen molar-refractivity contribution in [3.05, 3.63) is 88.5 Å². The minimum atomic E-state index is -0.216. The van der Waals surface area contributed by atoms with Crippen LogP contribution in [0.5, 0.6) is 5.75 Å². The average molecular weight is 430 g/mol. The van der Waals surface area contributed by atoms with Gasteiger partial charge in [-0.3, -0.25) is 4.79 Å². The van der Waals surface area contributed by atoms with Gasteiger partial charge in [-0.25, -0.2) is 4.98 Å². The molecule has 0 aliphatic heterocycles. The second kappa shape index (κ2) is 8.70. The van der Waals surface area contributed by atoms with Gasteiger partial charge in [0.2, 0.25) is 5.13 Å². The minimum absolute atomic E-state index is 0.216. The van der Waals surface area contributed by atoms with E-state index in [-0.39, 0.29) is 5.91 Å². The molecule has 0 saturated carbocycles. The van der Waals surface area contributed by atoms with Gasteiger partial charge in [0.25, 0.3) is 5.91 Å². The van der Waals surface area contributed by atoms with Crippen LogP contribution in [-0.2, 0) is 0 Å². The van der Waals surface area contributed by atoms with Gasteiger partial charge in [0, 0.05) is 5.56 Å². The van der Waals surface area contributed by atoms with Crippen LogP contribution in [0.15, 0.2) is 65.8 Å². The van der Waals surface area contributed by atoms with Gasteiger partial charge in [0.15, 0.2) is 0 Å². The Kier molecular flexibility index (Phi) is 5.82. The van der Waals surface area contributed by atoms with Crippen molar-refractivity contribution in [3.63, 3.8) is 0 Å². The molecule has 6 heteroatoms. The Morgan fingerprint density at radius 1 is 1.00 bits per heavy atom. The Morgan fingerprint density at radius 3 is 2.45 bits per heavy atom. The molecule has 0 bridgehead atoms. The maximum atomic E-state index is 13.5. The Morgan fingerprint density at radius 2 is 1.74 bits per heavy atom. The lowest BCUT2D eigenvalue weighted by Gasteiger charge is -2.15. The Hall–Kier alpha value is -3.51. The van der Waals surface area contributed by atoms with Crippen molar-refractivity contribution in [2.24, 2.45) is 5.10 Å². The Labute approximate surface area is 185 Å². The number of aromatic nitrogens is 1. The molecule has 1 amide bonds. The SMILES string of the molecule is COc1ccc2nc(N(/N=C/c3ccc(C)cc3)C(=O)c3ccc(C)cc3C)sc2c1. The molecule has 0 radical (unpaired) electrons. The fourth-order valence-corrected chi connectivity index (χ4v) is 4.19. The van der Waals surface area contributed by atoms with Crippen LogP contribution in [0.4, 0.5) is 5.13 Å². The Bertz CT molecular complexity index is 1280. The largest absolute Gasteiger partial charge is 0.497 e. The number of carbonyl (C=O) groups excluding carboxylic acids is 1. The normalized spacial score (nSPS) is 11.2. The lowest BCUT2D eigenvalue weighted by Crippen LogP contribution is -2.26. The van der Waals surface area contributed by atoms with Gasteiger partial charge >= 0.3 is 0 Å². The molecular weight excluding hydrogens is 406 g/mol. The third kappa shape index (κ3) is 4.49. The Balaban J connectivity index is 1.78. The molecule has 0 N–H and O–H groups in total. The molecule has 1 heterocycles. The van der Waals surface area contributed by atoms with Crippen LogP contribution in [-0.4, -0.2) is 24.2 Å². The fraction of sp³-hybridized carbons (Fsp3) is 0.160. The van der Waals surface area contributed by atoms with Crippen molar-refractivity contribution in [2.75, 3.05) is 12.1 Å². The van der Waals surface area contributed by atoms with Crippen LogP contribution in [0.2, 0.25) is 0 Å². The molecule has 0 fully saturated rings. The van der Waals surface area contributed by atoms with Gasteiger partial charge in [0.1, 0.15) is 5.75 Å². The zero-order chi connectivity index (χ0) is 22.0. The molecule has 0 atom stereocenters. The van der Waals surface area contributed by atoms with E-state index in [1.807, 2.05) is 81.4 Å². The molecule has 1 aromatic heterocycles. The monoisotopic (exact) mass is 429 g/mol. The number of anilines is 1. The molecule has 4 rings (SSSR count). The highest BCUT2D eigenvalue weighted by atomic mass is 32.1. The van der Waals surface area contributed by atoms with E-state index < -0.39 is 0 Å². The maximum absolute atomic E-state index is 13.5. The first kappa shape index (κ1) is 20.8. The molecule has 5 nitrogen and oxygen atoms in total. The summed E-state index contributed by atoms with van der Waals surface area (Å²) in [5.74, 6) is 0.532. The van der Waals surface area contributed by atoms with E-state index >= 15 is 0 Å². The van der Waals surface area contributed by atoms with E-state index in [1.165, 1.54) is 21.9 Å². The number of methoxy groups -OCH3 is 1. The van der Waals surface area contributed by atoms with Gasteiger partial charge in [-0.2, -0.15) is 10.1 Å². The summed E-state index contributed by atoms with van der Waals surface area (Å²) in [6.45, 7) is 5.98. The predicted octanol–water partition coefficient (Wildman–Crippen LogP) is 5.91. The first-order valence-electron chi connectivity index (χ1n) is 9.91. The standard InChI is InChI=1S/C25H23N3O2S/c1-16-5-8-19(9-6-16)15-26-28(24(29)21-11-7-17(2)13-18(21)3)25-27-22-12-10-20(30-4)14-23(22)31-25/h5-15H,1-4H3/b26-15+. The van der Waals surface area contributed by atoms with E-state index in [1.54, 1.807) is 13.3 Å². The summed E-state index contributed by atoms with van der Waals surface area (Å²) in [7, 11) is 1.63. The van der Waals surface area contributed by atoms with Crippen LogP contribution in [0, 0.1) is 20.8 Å². The van der Waals surface area contributed by atoms with Crippen LogP contribution in [0.1, 0.15) is 32.6 Å². The summed E-state index contributed by atoms with van der Waals surface area (Å²) in [4.78, 5) is 18.2. The number of amides is 1. The van der Waals surface area contributed by atoms with Crippen molar-refractivity contribution in [1.82, 2.24) is 4.98 Å². The molecule has 0 unspecified atom stereocenters. The summed E-state index contributed by atoms with van der Waals surface area (Å²) < 4.78 is 6.25. The highest BCUT2D eigenvalue weighted by Gasteiger charge is 2.22. The number of carbonyl (C=O) groups is 1. The van der Waals surface area contributed by atoms with Gasteiger partial charge in [-0.05, 0) is 56.2 Å². The van der Waals surface area contributed by atoms with Crippen molar-refractivity contribution in [1.29, 1.82) is 0 Å². The van der Waals surface area contributed by atoms with Gasteiger partial charge in [-0.15, -0.1) is 0 Å². The zero-order valence-corrected chi connectivity index (χ0v) is 18.7. The number of aryl methyl sites for hydroxylation is 3. The van der Waals surface area contributed by atoms with Gasteiger partial charge in [-0.1, -0.05) is 58.9 Å². The number of rotatable bonds is 5. The van der Waals surface area contributed by atoms with E-state index in [0.717, 1.165) is 32.7 Å². The lowest BCUT2D eigenvalue weighted by molar-refractivity contribution is 0.0987. The topological polar surface area (TPSA) is 54.8 Å². The number of fused-ring (bicyclic) bond motifs is 1. The molecule has 0 aliphatic rings. The minimum Gasteiger partial charge on any atom is -0.497 e. The van der Waals surface area contributed by atoms with E-state index in [9.17, 15) is 4.79 Å². The highest BCUT2D eigenvalue weighted by molar-refractivity contribution is 7.22. The molecule has 156 valence electrons. The van der Waals surface area contributed by atoms with Crippen LogP contribution >= 0.6 is 11.3 Å². The maximum Gasteiger partial charge on any atom is 0.281 e. The van der Waals surface area contributed by atoms with Crippen LogP contribution < -0.4 is 9.75 Å². The third-order valence-corrected chi connectivity index (χ3v) is 5.96. The molecule has 0 saturated heterocycles. The molecule has 4 aromatic rings. The van der Waals surface area contributed by atoms with E-state index in [4.69, 9.17) is 4.74 Å². The zero-order valence-electron chi connectivity index (χ0n) is 17.9. The van der Waals surface area contributed by atoms with Crippen molar-refractivity contribution in [2.45, 2.75) is 20.8 Å². The van der Waals surface area contributed by atoms with Gasteiger partial charge in [0.05, 0.1) is 23.5 Å². The summed E-state index contributed by atoms with van der Waals surface area (Å²) in [5.41, 5.74) is 5.49. The van der Waals surface area contributed by atoms with Crippen molar-refractivity contribution < 1.29 is 9.53 Å². The third-order valence-electron chi connectivity index (χ3n) is 4.97. The number of nitrogens with zero attached hydrogens (tertiary/aromatic N) is 3. The van der Waals surface area contributed by atoms with E-state index in [2.05, 4.69) is 10.1 Å². The predicted molar refractivity (Wildman–Crippen MR) is 128 cm³/mol. The second-order valence-electron chi connectivity index (χ2n) is 7.42. The first-order valence-corrected chi connectivity index (χ1v) is 10.7.